The van der Waals surface area contributed by atoms with Crippen molar-refractivity contribution in [2.45, 2.75) is 18.9 Å². The summed E-state index contributed by atoms with van der Waals surface area (Å²) >= 11 is 0. The Bertz CT molecular complexity index is 320. The first kappa shape index (κ1) is 10.3. The molecule has 0 bridgehead atoms. The summed E-state index contributed by atoms with van der Waals surface area (Å²) in [5.41, 5.74) is 0. The number of aliphatic hydroxyl groups excluding tert-OH is 1. The van der Waals surface area contributed by atoms with E-state index in [1.54, 1.807) is 7.11 Å². The minimum absolute atomic E-state index is 0.338. The molecule has 1 unspecified atom stereocenters. The monoisotopic (exact) mass is 208 g/mol. The fourth-order valence-electron chi connectivity index (χ4n) is 1.53. The summed E-state index contributed by atoms with van der Waals surface area (Å²) in [4.78, 5) is 0. The Kier molecular flexibility index (Phi) is 3.11. The van der Waals surface area contributed by atoms with E-state index in [1.165, 1.54) is 0 Å². The molecule has 1 aliphatic carbocycles. The summed E-state index contributed by atoms with van der Waals surface area (Å²) in [7, 11) is 1.61. The molecule has 1 N–H and O–H groups in total. The van der Waals surface area contributed by atoms with Crippen LogP contribution in [0.15, 0.2) is 24.3 Å². The van der Waals surface area contributed by atoms with Gasteiger partial charge in [-0.25, -0.2) is 0 Å². The fourth-order valence-corrected chi connectivity index (χ4v) is 1.53. The van der Waals surface area contributed by atoms with Crippen LogP contribution in [0.4, 0.5) is 0 Å². The van der Waals surface area contributed by atoms with Crippen LogP contribution in [0, 0.1) is 5.92 Å². The van der Waals surface area contributed by atoms with E-state index in [2.05, 4.69) is 0 Å². The van der Waals surface area contributed by atoms with Gasteiger partial charge in [-0.15, -0.1) is 0 Å². The first-order valence-electron chi connectivity index (χ1n) is 5.25. The molecule has 15 heavy (non-hydrogen) atoms. The van der Waals surface area contributed by atoms with Gasteiger partial charge < -0.3 is 14.6 Å². The Hall–Kier alpha value is -1.22. The van der Waals surface area contributed by atoms with E-state index in [-0.39, 0.29) is 6.10 Å². The molecule has 1 aliphatic rings. The molecule has 0 spiro atoms. The van der Waals surface area contributed by atoms with Crippen LogP contribution in [-0.2, 0) is 0 Å². The van der Waals surface area contributed by atoms with Crippen molar-refractivity contribution in [1.29, 1.82) is 0 Å². The molecule has 1 atom stereocenters. The highest BCUT2D eigenvalue weighted by atomic mass is 16.5. The Balaban J connectivity index is 1.91. The van der Waals surface area contributed by atoms with Crippen LogP contribution in [0.1, 0.15) is 12.8 Å². The molecule has 82 valence electrons. The van der Waals surface area contributed by atoms with Crippen LogP contribution < -0.4 is 9.47 Å². The maximum absolute atomic E-state index is 9.65. The quantitative estimate of drug-likeness (QED) is 0.802. The largest absolute Gasteiger partial charge is 0.493 e. The Morgan fingerprint density at radius 2 is 2.00 bits per heavy atom. The highest BCUT2D eigenvalue weighted by Crippen LogP contribution is 2.33. The SMILES string of the molecule is COc1ccccc1OCC(O)C1CC1. The molecule has 1 aromatic rings. The Labute approximate surface area is 89.6 Å². The number of ether oxygens (including phenoxy) is 2. The summed E-state index contributed by atoms with van der Waals surface area (Å²) in [6.45, 7) is 0.352. The van der Waals surface area contributed by atoms with Gasteiger partial charge in [0.15, 0.2) is 11.5 Å². The average molecular weight is 208 g/mol. The molecule has 1 fully saturated rings. The summed E-state index contributed by atoms with van der Waals surface area (Å²) in [6.07, 6.45) is 1.90. The van der Waals surface area contributed by atoms with Crippen molar-refractivity contribution in [3.8, 4) is 11.5 Å². The van der Waals surface area contributed by atoms with Crippen molar-refractivity contribution in [2.24, 2.45) is 5.92 Å². The van der Waals surface area contributed by atoms with Gasteiger partial charge >= 0.3 is 0 Å². The van der Waals surface area contributed by atoms with Crippen molar-refractivity contribution < 1.29 is 14.6 Å². The Morgan fingerprint density at radius 3 is 2.60 bits per heavy atom. The highest BCUT2D eigenvalue weighted by Gasteiger charge is 2.30. The molecule has 2 rings (SSSR count). The van der Waals surface area contributed by atoms with Crippen LogP contribution in [0.5, 0.6) is 11.5 Å². The summed E-state index contributed by atoms with van der Waals surface area (Å²) in [5.74, 6) is 1.85. The first-order valence-corrected chi connectivity index (χ1v) is 5.25. The molecule has 3 heteroatoms. The number of benzene rings is 1. The van der Waals surface area contributed by atoms with Gasteiger partial charge in [0.2, 0.25) is 0 Å². The van der Waals surface area contributed by atoms with Gasteiger partial charge in [0, 0.05) is 0 Å². The molecule has 0 saturated heterocycles. The van der Waals surface area contributed by atoms with Gasteiger partial charge in [0.1, 0.15) is 6.61 Å². The predicted molar refractivity (Wildman–Crippen MR) is 57.2 cm³/mol. The molecule has 0 aliphatic heterocycles. The van der Waals surface area contributed by atoms with E-state index in [0.717, 1.165) is 12.8 Å². The van der Waals surface area contributed by atoms with Gasteiger partial charge in [-0.2, -0.15) is 0 Å². The second-order valence-corrected chi connectivity index (χ2v) is 3.87. The maximum atomic E-state index is 9.65. The van der Waals surface area contributed by atoms with Crippen LogP contribution >= 0.6 is 0 Å². The minimum atomic E-state index is -0.338. The Morgan fingerprint density at radius 1 is 1.33 bits per heavy atom. The lowest BCUT2D eigenvalue weighted by molar-refractivity contribution is 0.0880. The molecular formula is C12H16O3. The summed E-state index contributed by atoms with van der Waals surface area (Å²) in [6, 6.07) is 7.47. The zero-order valence-electron chi connectivity index (χ0n) is 8.85. The lowest BCUT2D eigenvalue weighted by Gasteiger charge is -2.13. The average Bonchev–Trinajstić information content (AvgIpc) is 3.10. The van der Waals surface area contributed by atoms with Crippen LogP contribution in [0.2, 0.25) is 0 Å². The van der Waals surface area contributed by atoms with Gasteiger partial charge in [-0.1, -0.05) is 12.1 Å². The number of methoxy groups -OCH3 is 1. The molecule has 1 saturated carbocycles. The van der Waals surface area contributed by atoms with E-state index in [0.29, 0.717) is 24.0 Å². The number of hydrogen-bond donors (Lipinski definition) is 1. The minimum Gasteiger partial charge on any atom is -0.493 e. The van der Waals surface area contributed by atoms with Crippen molar-refractivity contribution in [2.75, 3.05) is 13.7 Å². The summed E-state index contributed by atoms with van der Waals surface area (Å²) in [5, 5.41) is 9.65. The second kappa shape index (κ2) is 4.53. The van der Waals surface area contributed by atoms with E-state index in [9.17, 15) is 5.11 Å². The van der Waals surface area contributed by atoms with Gasteiger partial charge in [-0.05, 0) is 30.9 Å². The fraction of sp³-hybridized carbons (Fsp3) is 0.500. The number of para-hydroxylation sites is 2. The molecule has 3 nitrogen and oxygen atoms in total. The van der Waals surface area contributed by atoms with Gasteiger partial charge in [-0.3, -0.25) is 0 Å². The molecule has 0 aromatic heterocycles. The number of rotatable bonds is 5. The van der Waals surface area contributed by atoms with Crippen LogP contribution in [-0.4, -0.2) is 24.9 Å². The standard InChI is InChI=1S/C12H16O3/c1-14-11-4-2-3-5-12(11)15-8-10(13)9-6-7-9/h2-5,9-10,13H,6-8H2,1H3. The van der Waals surface area contributed by atoms with Crippen LogP contribution in [0.25, 0.3) is 0 Å². The number of aliphatic hydroxyl groups is 1. The van der Waals surface area contributed by atoms with E-state index in [1.807, 2.05) is 24.3 Å². The third-order valence-corrected chi connectivity index (χ3v) is 2.64. The molecule has 0 amide bonds. The molecular weight excluding hydrogens is 192 g/mol. The van der Waals surface area contributed by atoms with Crippen molar-refractivity contribution >= 4 is 0 Å². The normalized spacial score (nSPS) is 17.2. The van der Waals surface area contributed by atoms with Crippen molar-refractivity contribution in [3.63, 3.8) is 0 Å². The third-order valence-electron chi connectivity index (χ3n) is 2.64. The predicted octanol–water partition coefficient (Wildman–Crippen LogP) is 1.84. The highest BCUT2D eigenvalue weighted by molar-refractivity contribution is 5.39. The smallest absolute Gasteiger partial charge is 0.161 e. The zero-order chi connectivity index (χ0) is 10.7. The lowest BCUT2D eigenvalue weighted by Crippen LogP contribution is -2.19. The van der Waals surface area contributed by atoms with Crippen molar-refractivity contribution in [3.05, 3.63) is 24.3 Å². The van der Waals surface area contributed by atoms with E-state index in [4.69, 9.17) is 9.47 Å². The lowest BCUT2D eigenvalue weighted by atomic mass is 10.2. The van der Waals surface area contributed by atoms with E-state index < -0.39 is 0 Å². The third kappa shape index (κ3) is 2.63. The summed E-state index contributed by atoms with van der Waals surface area (Å²) < 4.78 is 10.7. The zero-order valence-corrected chi connectivity index (χ0v) is 8.85. The first-order chi connectivity index (χ1) is 7.31. The number of hydrogen-bond acceptors (Lipinski definition) is 3. The second-order valence-electron chi connectivity index (χ2n) is 3.87. The maximum Gasteiger partial charge on any atom is 0.161 e. The molecule has 1 aromatic carbocycles. The van der Waals surface area contributed by atoms with Crippen molar-refractivity contribution in [1.82, 2.24) is 0 Å². The molecule has 0 heterocycles. The van der Waals surface area contributed by atoms with Gasteiger partial charge in [0.05, 0.1) is 13.2 Å². The van der Waals surface area contributed by atoms with Gasteiger partial charge in [0.25, 0.3) is 0 Å². The molecule has 0 radical (unpaired) electrons. The van der Waals surface area contributed by atoms with E-state index >= 15 is 0 Å². The van der Waals surface area contributed by atoms with Crippen LogP contribution in [0.3, 0.4) is 0 Å². The topological polar surface area (TPSA) is 38.7 Å².